The van der Waals surface area contributed by atoms with Gasteiger partial charge in [-0.2, -0.15) is 0 Å². The Morgan fingerprint density at radius 2 is 1.81 bits per heavy atom. The van der Waals surface area contributed by atoms with Crippen LogP contribution in [0.2, 0.25) is 0 Å². The smallest absolute Gasteiger partial charge is 0.255 e. The Bertz CT molecular complexity index is 811. The molecule has 0 aromatic heterocycles. The number of imide groups is 1. The molecule has 3 saturated heterocycles. The number of likely N-dealkylation sites (tertiary alicyclic amines) is 1. The maximum Gasteiger partial charge on any atom is 0.255 e. The van der Waals surface area contributed by atoms with E-state index < -0.39 is 6.04 Å². The molecule has 4 aliphatic heterocycles. The van der Waals surface area contributed by atoms with Crippen LogP contribution >= 0.6 is 0 Å². The van der Waals surface area contributed by atoms with Crippen LogP contribution in [0.15, 0.2) is 18.2 Å². The molecule has 7 nitrogen and oxygen atoms in total. The summed E-state index contributed by atoms with van der Waals surface area (Å²) in [6.07, 6.45) is 3.22. The van der Waals surface area contributed by atoms with Crippen molar-refractivity contribution in [3.05, 3.63) is 34.9 Å². The molecule has 142 valence electrons. The van der Waals surface area contributed by atoms with Gasteiger partial charge in [-0.25, -0.2) is 0 Å². The number of nitrogens with one attached hydrogen (secondary N) is 2. The largest absolute Gasteiger partial charge is 0.322 e. The van der Waals surface area contributed by atoms with E-state index in [4.69, 9.17) is 0 Å². The van der Waals surface area contributed by atoms with E-state index in [1.165, 1.54) is 18.4 Å². The molecule has 0 aliphatic carbocycles. The van der Waals surface area contributed by atoms with Gasteiger partial charge in [0.25, 0.3) is 5.91 Å². The van der Waals surface area contributed by atoms with Gasteiger partial charge in [0.2, 0.25) is 11.8 Å². The van der Waals surface area contributed by atoms with Crippen molar-refractivity contribution < 1.29 is 14.4 Å². The Morgan fingerprint density at radius 3 is 2.56 bits per heavy atom. The normalized spacial score (nSPS) is 30.6. The van der Waals surface area contributed by atoms with Gasteiger partial charge in [0.15, 0.2) is 0 Å². The number of piperazine rings is 1. The van der Waals surface area contributed by atoms with Crippen molar-refractivity contribution >= 4 is 17.7 Å². The first-order chi connectivity index (χ1) is 13.1. The number of benzene rings is 1. The summed E-state index contributed by atoms with van der Waals surface area (Å²) in [5, 5.41) is 6.00. The summed E-state index contributed by atoms with van der Waals surface area (Å²) in [6.45, 7) is 3.50. The number of carbonyl (C=O) groups is 3. The molecule has 4 aliphatic rings. The van der Waals surface area contributed by atoms with E-state index >= 15 is 0 Å². The van der Waals surface area contributed by atoms with Gasteiger partial charge in [0.05, 0.1) is 0 Å². The summed E-state index contributed by atoms with van der Waals surface area (Å²) >= 11 is 0. The maximum absolute atomic E-state index is 12.8. The third kappa shape index (κ3) is 3.04. The predicted octanol–water partition coefficient (Wildman–Crippen LogP) is 0.384. The van der Waals surface area contributed by atoms with Gasteiger partial charge in [-0.05, 0) is 36.5 Å². The van der Waals surface area contributed by atoms with Crippen molar-refractivity contribution in [2.24, 2.45) is 0 Å². The minimum absolute atomic E-state index is 0.105. The highest BCUT2D eigenvalue weighted by atomic mass is 16.2. The van der Waals surface area contributed by atoms with Crippen LogP contribution in [-0.4, -0.2) is 58.7 Å². The van der Waals surface area contributed by atoms with E-state index in [2.05, 4.69) is 21.6 Å². The van der Waals surface area contributed by atoms with E-state index in [1.807, 2.05) is 12.1 Å². The molecule has 1 unspecified atom stereocenters. The van der Waals surface area contributed by atoms with Crippen LogP contribution in [0.25, 0.3) is 0 Å². The lowest BCUT2D eigenvalue weighted by atomic mass is 10.0. The van der Waals surface area contributed by atoms with Gasteiger partial charge in [-0.1, -0.05) is 12.1 Å². The van der Waals surface area contributed by atoms with Crippen LogP contribution in [0.5, 0.6) is 0 Å². The number of nitrogens with zero attached hydrogens (tertiary/aromatic N) is 2. The summed E-state index contributed by atoms with van der Waals surface area (Å²) in [7, 11) is 0. The molecular formula is C20H24N4O3. The Morgan fingerprint density at radius 1 is 1.04 bits per heavy atom. The first-order valence-corrected chi connectivity index (χ1v) is 9.82. The number of carbonyl (C=O) groups excluding carboxylic acids is 3. The fourth-order valence-corrected chi connectivity index (χ4v) is 5.00. The van der Waals surface area contributed by atoms with Gasteiger partial charge in [0.1, 0.15) is 6.04 Å². The summed E-state index contributed by atoms with van der Waals surface area (Å²) < 4.78 is 0. The van der Waals surface area contributed by atoms with Gasteiger partial charge in [-0.3, -0.25) is 24.6 Å². The van der Waals surface area contributed by atoms with E-state index in [1.54, 1.807) is 4.90 Å². The first-order valence-electron chi connectivity index (χ1n) is 9.82. The summed E-state index contributed by atoms with van der Waals surface area (Å²) in [5.41, 5.74) is 2.89. The molecule has 0 spiro atoms. The van der Waals surface area contributed by atoms with Crippen molar-refractivity contribution in [1.29, 1.82) is 0 Å². The second kappa shape index (κ2) is 6.42. The molecule has 0 saturated carbocycles. The van der Waals surface area contributed by atoms with Crippen LogP contribution in [0, 0.1) is 0 Å². The van der Waals surface area contributed by atoms with E-state index in [-0.39, 0.29) is 24.1 Å². The van der Waals surface area contributed by atoms with Gasteiger partial charge in [-0.15, -0.1) is 0 Å². The van der Waals surface area contributed by atoms with Gasteiger partial charge in [0, 0.05) is 50.2 Å². The summed E-state index contributed by atoms with van der Waals surface area (Å²) in [5.74, 6) is -0.720. The highest BCUT2D eigenvalue weighted by Gasteiger charge is 2.39. The third-order valence-electron chi connectivity index (χ3n) is 6.29. The molecular weight excluding hydrogens is 344 g/mol. The lowest BCUT2D eigenvalue weighted by Gasteiger charge is -2.32. The van der Waals surface area contributed by atoms with Crippen molar-refractivity contribution in [3.63, 3.8) is 0 Å². The highest BCUT2D eigenvalue weighted by molar-refractivity contribution is 6.05. The Hall–Kier alpha value is -2.25. The van der Waals surface area contributed by atoms with Gasteiger partial charge < -0.3 is 10.2 Å². The number of hydrogen-bond acceptors (Lipinski definition) is 5. The molecule has 7 heteroatoms. The lowest BCUT2D eigenvalue weighted by Crippen LogP contribution is -2.52. The second-order valence-electron chi connectivity index (χ2n) is 8.22. The van der Waals surface area contributed by atoms with Gasteiger partial charge >= 0.3 is 0 Å². The van der Waals surface area contributed by atoms with E-state index in [9.17, 15) is 14.4 Å². The average Bonchev–Trinajstić information content (AvgIpc) is 3.14. The van der Waals surface area contributed by atoms with Crippen LogP contribution < -0.4 is 10.6 Å². The number of amides is 3. The van der Waals surface area contributed by atoms with E-state index in [0.29, 0.717) is 30.6 Å². The molecule has 2 N–H and O–H groups in total. The molecule has 2 bridgehead atoms. The van der Waals surface area contributed by atoms with Crippen LogP contribution in [0.4, 0.5) is 0 Å². The zero-order valence-electron chi connectivity index (χ0n) is 15.2. The Labute approximate surface area is 158 Å². The number of rotatable bonds is 3. The number of piperidine rings is 1. The fourth-order valence-electron chi connectivity index (χ4n) is 5.00. The zero-order valence-corrected chi connectivity index (χ0v) is 15.2. The van der Waals surface area contributed by atoms with Crippen molar-refractivity contribution in [2.75, 3.05) is 13.1 Å². The Kier molecular flexibility index (Phi) is 4.02. The number of hydrogen-bond donors (Lipinski definition) is 2. The first kappa shape index (κ1) is 16.9. The second-order valence-corrected chi connectivity index (χ2v) is 8.22. The quantitative estimate of drug-likeness (QED) is 0.754. The topological polar surface area (TPSA) is 81.8 Å². The molecule has 3 amide bonds. The summed E-state index contributed by atoms with van der Waals surface area (Å²) in [4.78, 5) is 40.4. The van der Waals surface area contributed by atoms with Crippen molar-refractivity contribution in [2.45, 2.75) is 56.9 Å². The highest BCUT2D eigenvalue weighted by Crippen LogP contribution is 2.29. The van der Waals surface area contributed by atoms with Crippen molar-refractivity contribution in [3.8, 4) is 0 Å². The molecule has 4 heterocycles. The van der Waals surface area contributed by atoms with Crippen LogP contribution in [-0.2, 0) is 22.7 Å². The van der Waals surface area contributed by atoms with Crippen molar-refractivity contribution in [1.82, 2.24) is 20.4 Å². The number of fused-ring (bicyclic) bond motifs is 3. The summed E-state index contributed by atoms with van der Waals surface area (Å²) in [6, 6.07) is 6.73. The Balaban J connectivity index is 1.30. The molecule has 27 heavy (non-hydrogen) atoms. The minimum Gasteiger partial charge on any atom is -0.322 e. The molecule has 0 radical (unpaired) electrons. The minimum atomic E-state index is -0.546. The predicted molar refractivity (Wildman–Crippen MR) is 97.7 cm³/mol. The molecule has 3 atom stereocenters. The van der Waals surface area contributed by atoms with E-state index in [0.717, 1.165) is 25.2 Å². The lowest BCUT2D eigenvalue weighted by molar-refractivity contribution is -0.136. The SMILES string of the molecule is O=C1CCC(N2Cc3cc(CN4C[C@H]5CC[C@@H](C4)N5)ccc3C2=O)C(=O)N1. The standard InChI is InChI=1S/C20H24N4O3/c25-18-6-5-17(19(26)22-18)24-9-13-7-12(1-4-16(13)20(24)27)8-23-10-14-2-3-15(11-23)21-14/h1,4,7,14-15,17,21H,2-3,5-6,8-11H2,(H,22,25,26)/t14-,15+,17?. The molecule has 5 rings (SSSR count). The average molecular weight is 368 g/mol. The monoisotopic (exact) mass is 368 g/mol. The zero-order chi connectivity index (χ0) is 18.5. The van der Waals surface area contributed by atoms with Crippen LogP contribution in [0.1, 0.15) is 47.2 Å². The maximum atomic E-state index is 12.8. The molecule has 3 fully saturated rings. The van der Waals surface area contributed by atoms with Crippen LogP contribution in [0.3, 0.4) is 0 Å². The molecule has 1 aromatic carbocycles. The molecule has 1 aromatic rings. The third-order valence-corrected chi connectivity index (χ3v) is 6.29. The fraction of sp³-hybridized carbons (Fsp3) is 0.550.